The SMILES string of the molecule is CCNC(=NCCc1nc(C(F)(F)F)cs1)NCCN(C(=O)OC(C)(C)C)C1CC1. The Kier molecular flexibility index (Phi) is 8.34. The lowest BCUT2D eigenvalue weighted by atomic mass is 10.2. The second-order valence-electron chi connectivity index (χ2n) is 7.97. The van der Waals surface area contributed by atoms with Gasteiger partial charge >= 0.3 is 12.3 Å². The molecular formula is C19H30F3N5O2S. The fraction of sp³-hybridized carbons (Fsp3) is 0.737. The predicted octanol–water partition coefficient (Wildman–Crippen LogP) is 3.66. The van der Waals surface area contributed by atoms with Crippen molar-refractivity contribution < 1.29 is 22.7 Å². The van der Waals surface area contributed by atoms with Gasteiger partial charge in [0.1, 0.15) is 5.60 Å². The Hall–Kier alpha value is -2.04. The number of aromatic nitrogens is 1. The number of nitrogens with one attached hydrogen (secondary N) is 2. The lowest BCUT2D eigenvalue weighted by Crippen LogP contribution is -2.45. The van der Waals surface area contributed by atoms with Gasteiger partial charge in [-0.15, -0.1) is 11.3 Å². The van der Waals surface area contributed by atoms with E-state index >= 15 is 0 Å². The van der Waals surface area contributed by atoms with E-state index in [1.54, 1.807) is 4.90 Å². The molecule has 7 nitrogen and oxygen atoms in total. The van der Waals surface area contributed by atoms with Crippen LogP contribution in [0.15, 0.2) is 10.4 Å². The Morgan fingerprint density at radius 2 is 2.03 bits per heavy atom. The molecule has 2 rings (SSSR count). The number of carbonyl (C=O) groups is 1. The number of ether oxygens (including phenoxy) is 1. The summed E-state index contributed by atoms with van der Waals surface area (Å²) < 4.78 is 43.3. The molecule has 1 saturated carbocycles. The highest BCUT2D eigenvalue weighted by atomic mass is 32.1. The third kappa shape index (κ3) is 8.37. The number of carbonyl (C=O) groups excluding carboxylic acids is 1. The summed E-state index contributed by atoms with van der Waals surface area (Å²) in [5, 5.41) is 7.67. The van der Waals surface area contributed by atoms with Crippen LogP contribution in [0.3, 0.4) is 0 Å². The first-order chi connectivity index (χ1) is 14.0. The Bertz CT molecular complexity index is 726. The Morgan fingerprint density at radius 1 is 1.33 bits per heavy atom. The summed E-state index contributed by atoms with van der Waals surface area (Å²) in [5.41, 5.74) is -1.41. The predicted molar refractivity (Wildman–Crippen MR) is 111 cm³/mol. The molecule has 0 saturated heterocycles. The summed E-state index contributed by atoms with van der Waals surface area (Å²) in [6, 6.07) is 0.217. The number of nitrogens with zero attached hydrogens (tertiary/aromatic N) is 3. The topological polar surface area (TPSA) is 78.9 Å². The second kappa shape index (κ2) is 10.3. The number of thiazole rings is 1. The maximum absolute atomic E-state index is 12.6. The quantitative estimate of drug-likeness (QED) is 0.468. The van der Waals surface area contributed by atoms with Crippen LogP contribution < -0.4 is 10.6 Å². The van der Waals surface area contributed by atoms with Crippen LogP contribution >= 0.6 is 11.3 Å². The molecule has 0 radical (unpaired) electrons. The molecule has 0 bridgehead atoms. The summed E-state index contributed by atoms with van der Waals surface area (Å²) >= 11 is 0.982. The van der Waals surface area contributed by atoms with Gasteiger partial charge in [0.15, 0.2) is 11.7 Å². The van der Waals surface area contributed by atoms with Gasteiger partial charge in [-0.1, -0.05) is 0 Å². The second-order valence-corrected chi connectivity index (χ2v) is 8.91. The molecule has 1 aliphatic rings. The normalized spacial score (nSPS) is 15.1. The van der Waals surface area contributed by atoms with E-state index in [4.69, 9.17) is 4.74 Å². The van der Waals surface area contributed by atoms with Gasteiger partial charge in [-0.3, -0.25) is 4.99 Å². The van der Waals surface area contributed by atoms with Crippen molar-refractivity contribution in [3.63, 3.8) is 0 Å². The Morgan fingerprint density at radius 3 is 2.57 bits per heavy atom. The largest absolute Gasteiger partial charge is 0.444 e. The van der Waals surface area contributed by atoms with Crippen LogP contribution in [-0.4, -0.2) is 59.8 Å². The van der Waals surface area contributed by atoms with Gasteiger partial charge in [0.2, 0.25) is 0 Å². The standard InChI is InChI=1S/C19H30F3N5O2S/c1-5-23-16(24-9-8-15-26-14(12-30-15)19(20,21)22)25-10-11-27(13-6-7-13)17(28)29-18(2,3)4/h12-13H,5-11H2,1-4H3,(H2,23,24,25). The van der Waals surface area contributed by atoms with Gasteiger partial charge in [0.05, 0.1) is 5.01 Å². The number of halogens is 3. The van der Waals surface area contributed by atoms with E-state index in [-0.39, 0.29) is 12.1 Å². The smallest absolute Gasteiger partial charge is 0.434 e. The highest BCUT2D eigenvalue weighted by molar-refractivity contribution is 7.09. The van der Waals surface area contributed by atoms with E-state index in [0.29, 0.717) is 43.6 Å². The molecule has 1 aliphatic carbocycles. The maximum atomic E-state index is 12.6. The van der Waals surface area contributed by atoms with Crippen molar-refractivity contribution in [1.29, 1.82) is 0 Å². The number of guanidine groups is 1. The number of amides is 1. The zero-order valence-electron chi connectivity index (χ0n) is 17.8. The lowest BCUT2D eigenvalue weighted by molar-refractivity contribution is -0.140. The van der Waals surface area contributed by atoms with Crippen molar-refractivity contribution >= 4 is 23.4 Å². The van der Waals surface area contributed by atoms with Crippen LogP contribution in [0.25, 0.3) is 0 Å². The number of alkyl halides is 3. The van der Waals surface area contributed by atoms with Gasteiger partial charge in [0.25, 0.3) is 0 Å². The molecule has 0 spiro atoms. The van der Waals surface area contributed by atoms with Crippen molar-refractivity contribution in [3.8, 4) is 0 Å². The van der Waals surface area contributed by atoms with E-state index in [1.807, 2.05) is 27.7 Å². The van der Waals surface area contributed by atoms with Crippen molar-refractivity contribution in [3.05, 3.63) is 16.1 Å². The number of hydrogen-bond acceptors (Lipinski definition) is 5. The first-order valence-corrected chi connectivity index (χ1v) is 10.9. The fourth-order valence-corrected chi connectivity index (χ4v) is 3.38. The van der Waals surface area contributed by atoms with Crippen LogP contribution in [0.5, 0.6) is 0 Å². The van der Waals surface area contributed by atoms with Crippen LogP contribution in [0.4, 0.5) is 18.0 Å². The van der Waals surface area contributed by atoms with Crippen LogP contribution in [0.2, 0.25) is 0 Å². The van der Waals surface area contributed by atoms with Crippen molar-refractivity contribution in [1.82, 2.24) is 20.5 Å². The summed E-state index contributed by atoms with van der Waals surface area (Å²) in [4.78, 5) is 22.1. The molecule has 170 valence electrons. The van der Waals surface area contributed by atoms with Crippen LogP contribution in [-0.2, 0) is 17.3 Å². The minimum atomic E-state index is -4.42. The average Bonchev–Trinajstić information content (AvgIpc) is 3.32. The van der Waals surface area contributed by atoms with Crippen molar-refractivity contribution in [2.45, 2.75) is 64.8 Å². The summed E-state index contributed by atoms with van der Waals surface area (Å²) in [6.45, 7) is 9.34. The Labute approximate surface area is 179 Å². The van der Waals surface area contributed by atoms with Gasteiger partial charge in [-0.05, 0) is 40.5 Å². The molecule has 11 heteroatoms. The lowest BCUT2D eigenvalue weighted by Gasteiger charge is -2.27. The van der Waals surface area contributed by atoms with Gasteiger partial charge in [-0.2, -0.15) is 13.2 Å². The molecule has 1 aromatic heterocycles. The van der Waals surface area contributed by atoms with Crippen molar-refractivity contribution in [2.24, 2.45) is 4.99 Å². The Balaban J connectivity index is 1.84. The van der Waals surface area contributed by atoms with Gasteiger partial charge in [-0.25, -0.2) is 9.78 Å². The van der Waals surface area contributed by atoms with E-state index in [2.05, 4.69) is 20.6 Å². The van der Waals surface area contributed by atoms with Gasteiger partial charge < -0.3 is 20.3 Å². The molecule has 1 aromatic rings. The highest BCUT2D eigenvalue weighted by Gasteiger charge is 2.35. The molecule has 0 atom stereocenters. The summed E-state index contributed by atoms with van der Waals surface area (Å²) in [6.07, 6.45) is -2.47. The number of aliphatic imine (C=N–C) groups is 1. The van der Waals surface area contributed by atoms with Crippen molar-refractivity contribution in [2.75, 3.05) is 26.2 Å². The fourth-order valence-electron chi connectivity index (χ4n) is 2.59. The first kappa shape index (κ1) is 24.2. The molecule has 1 amide bonds. The molecule has 0 unspecified atom stereocenters. The van der Waals surface area contributed by atoms with E-state index in [1.165, 1.54) is 0 Å². The summed E-state index contributed by atoms with van der Waals surface area (Å²) in [7, 11) is 0. The average molecular weight is 450 g/mol. The number of rotatable bonds is 8. The van der Waals surface area contributed by atoms with E-state index in [9.17, 15) is 18.0 Å². The van der Waals surface area contributed by atoms with Crippen LogP contribution in [0.1, 0.15) is 51.2 Å². The van der Waals surface area contributed by atoms with E-state index in [0.717, 1.165) is 29.6 Å². The zero-order chi connectivity index (χ0) is 22.4. The third-order valence-electron chi connectivity index (χ3n) is 4.04. The van der Waals surface area contributed by atoms with Gasteiger partial charge in [0, 0.05) is 44.0 Å². The minimum absolute atomic E-state index is 0.217. The molecule has 2 N–H and O–H groups in total. The molecular weight excluding hydrogens is 419 g/mol. The summed E-state index contributed by atoms with van der Waals surface area (Å²) in [5.74, 6) is 0.546. The van der Waals surface area contributed by atoms with Crippen LogP contribution in [0, 0.1) is 0 Å². The monoisotopic (exact) mass is 449 g/mol. The maximum Gasteiger partial charge on any atom is 0.434 e. The number of hydrogen-bond donors (Lipinski definition) is 2. The zero-order valence-corrected chi connectivity index (χ0v) is 18.6. The first-order valence-electron chi connectivity index (χ1n) is 10.0. The molecule has 1 fully saturated rings. The molecule has 0 aliphatic heterocycles. The molecule has 1 heterocycles. The third-order valence-corrected chi connectivity index (χ3v) is 4.95. The minimum Gasteiger partial charge on any atom is -0.444 e. The van der Waals surface area contributed by atoms with E-state index < -0.39 is 17.5 Å². The molecule has 0 aromatic carbocycles. The highest BCUT2D eigenvalue weighted by Crippen LogP contribution is 2.30. The molecule has 30 heavy (non-hydrogen) atoms.